The summed E-state index contributed by atoms with van der Waals surface area (Å²) in [5.74, 6) is 0.654. The number of pyridine rings is 1. The Hall–Kier alpha value is -1.68. The molecule has 2 rings (SSSR count). The van der Waals surface area contributed by atoms with E-state index in [0.29, 0.717) is 12.3 Å². The minimum Gasteiger partial charge on any atom is -0.355 e. The number of aromatic nitrogens is 2. The van der Waals surface area contributed by atoms with Gasteiger partial charge in [-0.2, -0.15) is 0 Å². The van der Waals surface area contributed by atoms with Crippen LogP contribution in [0.1, 0.15) is 5.56 Å². The first-order chi connectivity index (χ1) is 6.42. The summed E-state index contributed by atoms with van der Waals surface area (Å²) in [6.45, 7) is 0.448. The lowest BCUT2D eigenvalue weighted by atomic mass is 10.1. The topological polar surface area (TPSA) is 64.9 Å². The zero-order chi connectivity index (χ0) is 9.10. The van der Waals surface area contributed by atoms with Crippen molar-refractivity contribution in [1.82, 2.24) is 10.1 Å². The van der Waals surface area contributed by atoms with E-state index < -0.39 is 0 Å². The molecule has 4 heteroatoms. The summed E-state index contributed by atoms with van der Waals surface area (Å²) in [6, 6.07) is 5.54. The van der Waals surface area contributed by atoms with E-state index in [1.807, 2.05) is 12.1 Å². The van der Waals surface area contributed by atoms with Crippen LogP contribution in [0, 0.1) is 0 Å². The SMILES string of the molecule is NCc1cccnc1-c1ccno1. The minimum absolute atomic E-state index is 0.448. The molecule has 2 heterocycles. The summed E-state index contributed by atoms with van der Waals surface area (Å²) in [5.41, 5.74) is 7.28. The van der Waals surface area contributed by atoms with Gasteiger partial charge in [0.2, 0.25) is 0 Å². The van der Waals surface area contributed by atoms with Gasteiger partial charge in [-0.25, -0.2) is 0 Å². The Morgan fingerprint density at radius 2 is 2.23 bits per heavy atom. The van der Waals surface area contributed by atoms with Gasteiger partial charge in [0.1, 0.15) is 5.69 Å². The average Bonchev–Trinajstić information content (AvgIpc) is 2.70. The fourth-order valence-corrected chi connectivity index (χ4v) is 1.16. The van der Waals surface area contributed by atoms with Crippen molar-refractivity contribution >= 4 is 0 Å². The molecular weight excluding hydrogens is 166 g/mol. The predicted octanol–water partition coefficient (Wildman–Crippen LogP) is 1.20. The number of hydrogen-bond donors (Lipinski definition) is 1. The molecule has 0 aliphatic carbocycles. The fourth-order valence-electron chi connectivity index (χ4n) is 1.16. The summed E-state index contributed by atoms with van der Waals surface area (Å²) in [6.07, 6.45) is 3.29. The molecule has 4 nitrogen and oxygen atoms in total. The molecule has 0 saturated carbocycles. The maximum atomic E-state index is 5.55. The maximum Gasteiger partial charge on any atom is 0.185 e. The largest absolute Gasteiger partial charge is 0.355 e. The van der Waals surface area contributed by atoms with Crippen molar-refractivity contribution in [3.8, 4) is 11.5 Å². The molecule has 0 atom stereocenters. The Morgan fingerprint density at radius 1 is 1.31 bits per heavy atom. The summed E-state index contributed by atoms with van der Waals surface area (Å²) < 4.78 is 4.99. The number of nitrogens with two attached hydrogens (primary N) is 1. The lowest BCUT2D eigenvalue weighted by Gasteiger charge is -2.00. The zero-order valence-electron chi connectivity index (χ0n) is 6.97. The third-order valence-corrected chi connectivity index (χ3v) is 1.78. The van der Waals surface area contributed by atoms with Crippen molar-refractivity contribution in [1.29, 1.82) is 0 Å². The van der Waals surface area contributed by atoms with Crippen LogP contribution >= 0.6 is 0 Å². The van der Waals surface area contributed by atoms with Gasteiger partial charge in [0.15, 0.2) is 5.76 Å². The van der Waals surface area contributed by atoms with E-state index in [9.17, 15) is 0 Å². The van der Waals surface area contributed by atoms with E-state index in [2.05, 4.69) is 10.1 Å². The minimum atomic E-state index is 0.448. The summed E-state index contributed by atoms with van der Waals surface area (Å²) >= 11 is 0. The third kappa shape index (κ3) is 1.43. The fraction of sp³-hybridized carbons (Fsp3) is 0.111. The first-order valence-electron chi connectivity index (χ1n) is 3.97. The molecule has 2 aromatic heterocycles. The summed E-state index contributed by atoms with van der Waals surface area (Å²) in [7, 11) is 0. The highest BCUT2D eigenvalue weighted by atomic mass is 16.5. The van der Waals surface area contributed by atoms with E-state index in [1.54, 1.807) is 18.5 Å². The van der Waals surface area contributed by atoms with Gasteiger partial charge in [-0.1, -0.05) is 11.2 Å². The van der Waals surface area contributed by atoms with Crippen LogP contribution in [-0.4, -0.2) is 10.1 Å². The summed E-state index contributed by atoms with van der Waals surface area (Å²) in [4.78, 5) is 4.18. The van der Waals surface area contributed by atoms with Crippen molar-refractivity contribution in [2.45, 2.75) is 6.54 Å². The second-order valence-corrected chi connectivity index (χ2v) is 2.59. The second-order valence-electron chi connectivity index (χ2n) is 2.59. The van der Waals surface area contributed by atoms with Crippen molar-refractivity contribution in [2.24, 2.45) is 5.73 Å². The monoisotopic (exact) mass is 175 g/mol. The van der Waals surface area contributed by atoms with Crippen LogP contribution in [0.25, 0.3) is 11.5 Å². The first-order valence-corrected chi connectivity index (χ1v) is 3.97. The van der Waals surface area contributed by atoms with Crippen LogP contribution < -0.4 is 5.73 Å². The van der Waals surface area contributed by atoms with Gasteiger partial charge in [-0.15, -0.1) is 0 Å². The van der Waals surface area contributed by atoms with Gasteiger partial charge in [-0.05, 0) is 11.6 Å². The molecule has 2 aromatic rings. The van der Waals surface area contributed by atoms with E-state index in [1.165, 1.54) is 0 Å². The van der Waals surface area contributed by atoms with Crippen molar-refractivity contribution in [3.05, 3.63) is 36.2 Å². The van der Waals surface area contributed by atoms with Gasteiger partial charge in [0.25, 0.3) is 0 Å². The van der Waals surface area contributed by atoms with Crippen LogP contribution in [0.3, 0.4) is 0 Å². The molecule has 2 N–H and O–H groups in total. The molecule has 0 bridgehead atoms. The molecule has 0 amide bonds. The number of hydrogen-bond acceptors (Lipinski definition) is 4. The van der Waals surface area contributed by atoms with Crippen LogP contribution in [0.4, 0.5) is 0 Å². The molecule has 0 saturated heterocycles. The molecule has 0 aliphatic rings. The maximum absolute atomic E-state index is 5.55. The molecule has 66 valence electrons. The Bertz CT molecular complexity index is 384. The summed E-state index contributed by atoms with van der Waals surface area (Å²) in [5, 5.41) is 3.62. The first kappa shape index (κ1) is 7.94. The zero-order valence-corrected chi connectivity index (χ0v) is 6.97. The molecule has 13 heavy (non-hydrogen) atoms. The van der Waals surface area contributed by atoms with E-state index in [0.717, 1.165) is 11.3 Å². The molecular formula is C9H9N3O. The normalized spacial score (nSPS) is 10.2. The highest BCUT2D eigenvalue weighted by Crippen LogP contribution is 2.19. The Morgan fingerprint density at radius 3 is 2.92 bits per heavy atom. The Kier molecular flexibility index (Phi) is 2.06. The number of rotatable bonds is 2. The van der Waals surface area contributed by atoms with Crippen LogP contribution in [0.2, 0.25) is 0 Å². The van der Waals surface area contributed by atoms with Crippen molar-refractivity contribution in [2.75, 3.05) is 0 Å². The van der Waals surface area contributed by atoms with E-state index in [4.69, 9.17) is 10.3 Å². The van der Waals surface area contributed by atoms with Crippen molar-refractivity contribution < 1.29 is 4.52 Å². The predicted molar refractivity (Wildman–Crippen MR) is 47.6 cm³/mol. The Labute approximate surface area is 75.4 Å². The Balaban J connectivity index is 2.51. The van der Waals surface area contributed by atoms with Crippen LogP contribution in [0.5, 0.6) is 0 Å². The van der Waals surface area contributed by atoms with Gasteiger partial charge in [0, 0.05) is 18.8 Å². The molecule has 0 aliphatic heterocycles. The average molecular weight is 175 g/mol. The quantitative estimate of drug-likeness (QED) is 0.744. The van der Waals surface area contributed by atoms with Gasteiger partial charge in [0.05, 0.1) is 6.20 Å². The van der Waals surface area contributed by atoms with Crippen LogP contribution in [0.15, 0.2) is 35.1 Å². The third-order valence-electron chi connectivity index (χ3n) is 1.78. The molecule has 0 unspecified atom stereocenters. The lowest BCUT2D eigenvalue weighted by molar-refractivity contribution is 0.430. The van der Waals surface area contributed by atoms with Gasteiger partial charge < -0.3 is 10.3 Å². The molecule has 0 spiro atoms. The van der Waals surface area contributed by atoms with Crippen molar-refractivity contribution in [3.63, 3.8) is 0 Å². The second kappa shape index (κ2) is 3.37. The van der Waals surface area contributed by atoms with Gasteiger partial charge in [-0.3, -0.25) is 4.98 Å². The highest BCUT2D eigenvalue weighted by molar-refractivity contribution is 5.55. The van der Waals surface area contributed by atoms with E-state index >= 15 is 0 Å². The molecule has 0 fully saturated rings. The standard InChI is InChI=1S/C9H9N3O/c10-6-7-2-1-4-11-9(7)8-3-5-12-13-8/h1-5H,6,10H2. The highest BCUT2D eigenvalue weighted by Gasteiger charge is 2.07. The number of nitrogens with zero attached hydrogens (tertiary/aromatic N) is 2. The van der Waals surface area contributed by atoms with Crippen LogP contribution in [-0.2, 0) is 6.54 Å². The molecule has 0 aromatic carbocycles. The lowest BCUT2D eigenvalue weighted by Crippen LogP contribution is -1.99. The van der Waals surface area contributed by atoms with Gasteiger partial charge >= 0.3 is 0 Å². The molecule has 0 radical (unpaired) electrons. The van der Waals surface area contributed by atoms with E-state index in [-0.39, 0.29) is 0 Å². The smallest absolute Gasteiger partial charge is 0.185 e.